The number of benzene rings is 2. The van der Waals surface area contributed by atoms with Crippen LogP contribution in [-0.4, -0.2) is 12.0 Å². The van der Waals surface area contributed by atoms with Gasteiger partial charge in [0.15, 0.2) is 11.6 Å². The number of rotatable bonds is 5. The Balaban J connectivity index is 2.50. The number of ether oxygens (including phenoxy) is 2. The third-order valence-electron chi connectivity index (χ3n) is 2.84. The summed E-state index contributed by atoms with van der Waals surface area (Å²) in [5.41, 5.74) is 5.64. The van der Waals surface area contributed by atoms with Gasteiger partial charge in [0, 0.05) is 24.2 Å². The van der Waals surface area contributed by atoms with Gasteiger partial charge in [-0.15, -0.1) is 0 Å². The normalized spacial score (nSPS) is 10.2. The molecule has 0 saturated heterocycles. The van der Waals surface area contributed by atoms with Crippen LogP contribution in [-0.2, 0) is 6.54 Å². The van der Waals surface area contributed by atoms with Gasteiger partial charge in [-0.2, -0.15) is 0 Å². The van der Waals surface area contributed by atoms with E-state index in [2.05, 4.69) is 0 Å². The smallest absolute Gasteiger partial charge is 0.311 e. The molecule has 7 heteroatoms. The van der Waals surface area contributed by atoms with E-state index in [-0.39, 0.29) is 23.7 Å². The summed E-state index contributed by atoms with van der Waals surface area (Å²) in [7, 11) is 1.42. The molecule has 0 aliphatic heterocycles. The molecule has 0 fully saturated rings. The van der Waals surface area contributed by atoms with E-state index in [1.54, 1.807) is 6.07 Å². The molecule has 0 radical (unpaired) electrons. The lowest BCUT2D eigenvalue weighted by atomic mass is 10.2. The molecule has 0 amide bonds. The number of hydrogen-bond donors (Lipinski definition) is 1. The van der Waals surface area contributed by atoms with Crippen LogP contribution in [0, 0.1) is 15.9 Å². The highest BCUT2D eigenvalue weighted by Crippen LogP contribution is 2.36. The molecule has 0 atom stereocenters. The van der Waals surface area contributed by atoms with Gasteiger partial charge in [-0.25, -0.2) is 4.39 Å². The SMILES string of the molecule is COc1ccc([N+](=O)[O-])c(Oc2c(F)cccc2CN)c1. The van der Waals surface area contributed by atoms with Crippen LogP contribution in [0.15, 0.2) is 36.4 Å². The highest BCUT2D eigenvalue weighted by Gasteiger charge is 2.19. The zero-order valence-electron chi connectivity index (χ0n) is 11.2. The predicted octanol–water partition coefficient (Wildman–Crippen LogP) is 2.99. The van der Waals surface area contributed by atoms with Crippen molar-refractivity contribution in [3.63, 3.8) is 0 Å². The first kappa shape index (κ1) is 14.7. The van der Waals surface area contributed by atoms with E-state index in [1.807, 2.05) is 0 Å². The minimum absolute atomic E-state index is 0.0465. The summed E-state index contributed by atoms with van der Waals surface area (Å²) in [6, 6.07) is 8.26. The molecule has 0 spiro atoms. The minimum atomic E-state index is -0.643. The van der Waals surface area contributed by atoms with Gasteiger partial charge < -0.3 is 15.2 Å². The van der Waals surface area contributed by atoms with Crippen LogP contribution in [0.1, 0.15) is 5.56 Å². The molecule has 0 heterocycles. The Kier molecular flexibility index (Phi) is 4.34. The van der Waals surface area contributed by atoms with Gasteiger partial charge in [0.05, 0.1) is 12.0 Å². The van der Waals surface area contributed by atoms with Gasteiger partial charge in [0.25, 0.3) is 0 Å². The second kappa shape index (κ2) is 6.19. The van der Waals surface area contributed by atoms with E-state index in [0.717, 1.165) is 0 Å². The molecule has 2 aromatic carbocycles. The van der Waals surface area contributed by atoms with Crippen molar-refractivity contribution in [2.45, 2.75) is 6.54 Å². The third-order valence-corrected chi connectivity index (χ3v) is 2.84. The first-order valence-electron chi connectivity index (χ1n) is 6.04. The lowest BCUT2D eigenvalue weighted by molar-refractivity contribution is -0.385. The molecular weight excluding hydrogens is 279 g/mol. The van der Waals surface area contributed by atoms with Crippen LogP contribution >= 0.6 is 0 Å². The molecule has 0 saturated carbocycles. The Labute approximate surface area is 120 Å². The molecule has 110 valence electrons. The number of methoxy groups -OCH3 is 1. The fourth-order valence-electron chi connectivity index (χ4n) is 1.79. The lowest BCUT2D eigenvalue weighted by Crippen LogP contribution is -2.02. The predicted molar refractivity (Wildman–Crippen MR) is 74.0 cm³/mol. The molecule has 2 N–H and O–H groups in total. The molecule has 2 rings (SSSR count). The van der Waals surface area contributed by atoms with E-state index in [1.165, 1.54) is 37.4 Å². The zero-order chi connectivity index (χ0) is 15.4. The van der Waals surface area contributed by atoms with Gasteiger partial charge in [-0.1, -0.05) is 12.1 Å². The number of nitro benzene ring substituents is 1. The summed E-state index contributed by atoms with van der Waals surface area (Å²) < 4.78 is 24.2. The monoisotopic (exact) mass is 292 g/mol. The van der Waals surface area contributed by atoms with Crippen molar-refractivity contribution in [3.05, 3.63) is 57.9 Å². The van der Waals surface area contributed by atoms with Gasteiger partial charge in [0.1, 0.15) is 5.75 Å². The number of halogens is 1. The van der Waals surface area contributed by atoms with E-state index >= 15 is 0 Å². The largest absolute Gasteiger partial charge is 0.497 e. The average molecular weight is 292 g/mol. The maximum Gasteiger partial charge on any atom is 0.311 e. The summed E-state index contributed by atoms with van der Waals surface area (Å²) in [6.45, 7) is 0.0465. The number of nitrogens with zero attached hydrogens (tertiary/aromatic N) is 1. The molecular formula is C14H13FN2O4. The van der Waals surface area contributed by atoms with Crippen molar-refractivity contribution in [3.8, 4) is 17.2 Å². The maximum atomic E-state index is 13.9. The van der Waals surface area contributed by atoms with Crippen LogP contribution in [0.4, 0.5) is 10.1 Å². The van der Waals surface area contributed by atoms with Crippen molar-refractivity contribution >= 4 is 5.69 Å². The van der Waals surface area contributed by atoms with Gasteiger partial charge in [-0.3, -0.25) is 10.1 Å². The summed E-state index contributed by atoms with van der Waals surface area (Å²) in [6.07, 6.45) is 0. The third kappa shape index (κ3) is 3.09. The first-order valence-corrected chi connectivity index (χ1v) is 6.04. The Morgan fingerprint density at radius 2 is 2.10 bits per heavy atom. The van der Waals surface area contributed by atoms with Crippen molar-refractivity contribution in [2.75, 3.05) is 7.11 Å². The van der Waals surface area contributed by atoms with Crippen molar-refractivity contribution < 1.29 is 18.8 Å². The van der Waals surface area contributed by atoms with Gasteiger partial charge in [0.2, 0.25) is 5.75 Å². The topological polar surface area (TPSA) is 87.6 Å². The Hall–Kier alpha value is -2.67. The maximum absolute atomic E-state index is 13.9. The average Bonchev–Trinajstić information content (AvgIpc) is 2.48. The molecule has 21 heavy (non-hydrogen) atoms. The molecule has 6 nitrogen and oxygen atoms in total. The Bertz CT molecular complexity index is 676. The number of para-hydroxylation sites is 1. The first-order chi connectivity index (χ1) is 10.1. The van der Waals surface area contributed by atoms with Crippen LogP contribution in [0.5, 0.6) is 17.2 Å². The second-order valence-corrected chi connectivity index (χ2v) is 4.13. The van der Waals surface area contributed by atoms with Crippen molar-refractivity contribution in [1.29, 1.82) is 0 Å². The fourth-order valence-corrected chi connectivity index (χ4v) is 1.79. The summed E-state index contributed by atoms with van der Waals surface area (Å²) >= 11 is 0. The highest BCUT2D eigenvalue weighted by atomic mass is 19.1. The lowest BCUT2D eigenvalue weighted by Gasteiger charge is -2.12. The number of hydrogen-bond acceptors (Lipinski definition) is 5. The zero-order valence-corrected chi connectivity index (χ0v) is 11.2. The van der Waals surface area contributed by atoms with E-state index < -0.39 is 10.7 Å². The highest BCUT2D eigenvalue weighted by molar-refractivity contribution is 5.53. The van der Waals surface area contributed by atoms with Crippen LogP contribution in [0.2, 0.25) is 0 Å². The number of nitro groups is 1. The van der Waals surface area contributed by atoms with Gasteiger partial charge in [-0.05, 0) is 12.1 Å². The fraction of sp³-hybridized carbons (Fsp3) is 0.143. The van der Waals surface area contributed by atoms with Crippen LogP contribution in [0.3, 0.4) is 0 Å². The quantitative estimate of drug-likeness (QED) is 0.676. The second-order valence-electron chi connectivity index (χ2n) is 4.13. The molecule has 2 aromatic rings. The molecule has 0 aliphatic carbocycles. The standard InChI is InChI=1S/C14H13FN2O4/c1-20-10-5-6-12(17(18)19)13(7-10)21-14-9(8-16)3-2-4-11(14)15/h2-7H,8,16H2,1H3. The van der Waals surface area contributed by atoms with E-state index in [0.29, 0.717) is 11.3 Å². The van der Waals surface area contributed by atoms with Crippen molar-refractivity contribution in [2.24, 2.45) is 5.73 Å². The number of nitrogens with two attached hydrogens (primary N) is 1. The molecule has 0 unspecified atom stereocenters. The Morgan fingerprint density at radius 3 is 2.71 bits per heavy atom. The van der Waals surface area contributed by atoms with Gasteiger partial charge >= 0.3 is 5.69 Å². The summed E-state index contributed by atoms with van der Waals surface area (Å²) in [5.74, 6) is -0.521. The van der Waals surface area contributed by atoms with Crippen molar-refractivity contribution in [1.82, 2.24) is 0 Å². The molecule has 0 bridgehead atoms. The minimum Gasteiger partial charge on any atom is -0.497 e. The van der Waals surface area contributed by atoms with Crippen LogP contribution < -0.4 is 15.2 Å². The van der Waals surface area contributed by atoms with Crippen LogP contribution in [0.25, 0.3) is 0 Å². The Morgan fingerprint density at radius 1 is 1.33 bits per heavy atom. The summed E-state index contributed by atoms with van der Waals surface area (Å²) in [5, 5.41) is 11.0. The molecule has 0 aromatic heterocycles. The summed E-state index contributed by atoms with van der Waals surface area (Å²) in [4.78, 5) is 10.4. The van der Waals surface area contributed by atoms with E-state index in [4.69, 9.17) is 15.2 Å². The van der Waals surface area contributed by atoms with E-state index in [9.17, 15) is 14.5 Å². The molecule has 0 aliphatic rings.